The first-order chi connectivity index (χ1) is 16.9. The van der Waals surface area contributed by atoms with Crippen molar-refractivity contribution in [3.05, 3.63) is 52.8 Å². The van der Waals surface area contributed by atoms with Gasteiger partial charge >= 0.3 is 12.1 Å². The minimum atomic E-state index is -5.93. The molecule has 0 spiro atoms. The Kier molecular flexibility index (Phi) is 7.68. The Labute approximate surface area is 206 Å². The molecular weight excluding hydrogens is 540 g/mol. The lowest BCUT2D eigenvalue weighted by Crippen LogP contribution is -2.49. The highest BCUT2D eigenvalue weighted by molar-refractivity contribution is 7.90. The highest BCUT2D eigenvalue weighted by atomic mass is 32.2. The van der Waals surface area contributed by atoms with Crippen molar-refractivity contribution in [2.24, 2.45) is 0 Å². The zero-order valence-corrected chi connectivity index (χ0v) is 20.1. The van der Waals surface area contributed by atoms with Crippen molar-refractivity contribution >= 4 is 21.4 Å². The van der Waals surface area contributed by atoms with E-state index in [4.69, 9.17) is 0 Å². The number of alkyl halides is 5. The highest BCUT2D eigenvalue weighted by Gasteiger charge is 2.58. The molecule has 204 valence electrons. The smallest absolute Gasteiger partial charge is 0.456 e. The van der Waals surface area contributed by atoms with Crippen molar-refractivity contribution in [2.45, 2.75) is 23.9 Å². The quantitative estimate of drug-likeness (QED) is 0.388. The molecule has 1 fully saturated rings. The molecule has 37 heavy (non-hydrogen) atoms. The molecule has 1 saturated heterocycles. The lowest BCUT2D eigenvalue weighted by atomic mass is 10.1. The first kappa shape index (κ1) is 28.5. The summed E-state index contributed by atoms with van der Waals surface area (Å²) in [5.74, 6) is -10.6. The highest BCUT2D eigenvalue weighted by Crippen LogP contribution is 2.36. The van der Waals surface area contributed by atoms with E-state index in [0.29, 0.717) is 0 Å². The van der Waals surface area contributed by atoms with Crippen LogP contribution in [0.15, 0.2) is 29.2 Å². The minimum absolute atomic E-state index is 0.126. The van der Waals surface area contributed by atoms with Gasteiger partial charge in [0.2, 0.25) is 0 Å². The van der Waals surface area contributed by atoms with E-state index in [0.717, 1.165) is 42.3 Å². The number of piperazine rings is 1. The van der Waals surface area contributed by atoms with Gasteiger partial charge < -0.3 is 14.5 Å². The molecule has 0 bridgehead atoms. The molecule has 0 aliphatic carbocycles. The zero-order valence-electron chi connectivity index (χ0n) is 19.3. The van der Waals surface area contributed by atoms with Gasteiger partial charge in [-0.15, -0.1) is 0 Å². The Morgan fingerprint density at radius 3 is 2.11 bits per heavy atom. The Bertz CT molecular complexity index is 1310. The number of amides is 1. The van der Waals surface area contributed by atoms with Gasteiger partial charge in [0.1, 0.15) is 11.6 Å². The molecule has 0 unspecified atom stereocenters. The second-order valence-electron chi connectivity index (χ2n) is 8.33. The number of carbonyl (C=O) groups is 1. The van der Waals surface area contributed by atoms with Crippen LogP contribution in [0.5, 0.6) is 5.75 Å². The van der Waals surface area contributed by atoms with Gasteiger partial charge in [-0.25, -0.2) is 21.6 Å². The van der Waals surface area contributed by atoms with E-state index in [1.165, 1.54) is 4.90 Å². The molecule has 0 N–H and O–H groups in total. The number of rotatable bonds is 6. The van der Waals surface area contributed by atoms with Crippen molar-refractivity contribution in [1.29, 1.82) is 0 Å². The second-order valence-corrected chi connectivity index (χ2v) is 10.3. The van der Waals surface area contributed by atoms with Gasteiger partial charge in [0, 0.05) is 44.1 Å². The van der Waals surface area contributed by atoms with Crippen LogP contribution in [-0.4, -0.2) is 70.4 Å². The van der Waals surface area contributed by atoms with E-state index in [-0.39, 0.29) is 31.9 Å². The fourth-order valence-electron chi connectivity index (χ4n) is 3.51. The molecule has 1 aliphatic rings. The van der Waals surface area contributed by atoms with Crippen LogP contribution in [0.4, 0.5) is 40.8 Å². The summed E-state index contributed by atoms with van der Waals surface area (Å²) in [7, 11) is -3.91. The van der Waals surface area contributed by atoms with Gasteiger partial charge in [0.05, 0.1) is 16.1 Å². The minimum Gasteiger partial charge on any atom is -0.486 e. The third kappa shape index (κ3) is 5.91. The number of anilines is 1. The standard InChI is InChI=1S/C22H20F8N2O4S/c1-12-15(23)10-16(19(25)18(12)24)31-5-7-32(8-6-31)20(33)14-9-13(37(2,34)35)3-4-17(14)36-11-21(26,27)22(28,29)30/h3-4,9-10H,5-8,11H2,1-2H3. The van der Waals surface area contributed by atoms with Crippen LogP contribution in [0, 0.1) is 24.4 Å². The maximum atomic E-state index is 14.3. The largest absolute Gasteiger partial charge is 0.486 e. The number of nitrogens with zero attached hydrogens (tertiary/aromatic N) is 2. The molecule has 0 aromatic heterocycles. The second kappa shape index (κ2) is 9.99. The number of hydrogen-bond acceptors (Lipinski definition) is 5. The summed E-state index contributed by atoms with van der Waals surface area (Å²) in [5.41, 5.74) is -1.48. The summed E-state index contributed by atoms with van der Waals surface area (Å²) in [5, 5.41) is 0. The topological polar surface area (TPSA) is 66.9 Å². The van der Waals surface area contributed by atoms with Crippen molar-refractivity contribution in [2.75, 3.05) is 43.9 Å². The average Bonchev–Trinajstić information content (AvgIpc) is 2.82. The maximum absolute atomic E-state index is 14.3. The number of halogens is 8. The Morgan fingerprint density at radius 1 is 0.973 bits per heavy atom. The Morgan fingerprint density at radius 2 is 1.57 bits per heavy atom. The monoisotopic (exact) mass is 560 g/mol. The van der Waals surface area contributed by atoms with Crippen LogP contribution in [-0.2, 0) is 9.84 Å². The molecule has 1 heterocycles. The van der Waals surface area contributed by atoms with Crippen molar-refractivity contribution in [3.8, 4) is 5.75 Å². The van der Waals surface area contributed by atoms with Gasteiger partial charge in [-0.1, -0.05) is 0 Å². The molecular formula is C22H20F8N2O4S. The Balaban J connectivity index is 1.85. The fourth-order valence-corrected chi connectivity index (χ4v) is 4.15. The third-order valence-electron chi connectivity index (χ3n) is 5.71. The summed E-state index contributed by atoms with van der Waals surface area (Å²) in [6, 6.07) is 3.26. The number of ether oxygens (including phenoxy) is 1. The summed E-state index contributed by atoms with van der Waals surface area (Å²) in [6.07, 6.45) is -5.13. The molecule has 15 heteroatoms. The van der Waals surface area contributed by atoms with Crippen molar-refractivity contribution in [1.82, 2.24) is 4.90 Å². The predicted octanol–water partition coefficient (Wildman–Crippen LogP) is 4.35. The van der Waals surface area contributed by atoms with E-state index in [9.17, 15) is 48.3 Å². The predicted molar refractivity (Wildman–Crippen MR) is 115 cm³/mol. The van der Waals surface area contributed by atoms with E-state index in [2.05, 4.69) is 4.74 Å². The molecule has 6 nitrogen and oxygen atoms in total. The molecule has 0 saturated carbocycles. The van der Waals surface area contributed by atoms with Gasteiger partial charge in [0.25, 0.3) is 5.91 Å². The van der Waals surface area contributed by atoms with Crippen LogP contribution in [0.25, 0.3) is 0 Å². The fraction of sp³-hybridized carbons (Fsp3) is 0.409. The van der Waals surface area contributed by atoms with Gasteiger partial charge in [-0.3, -0.25) is 4.79 Å². The third-order valence-corrected chi connectivity index (χ3v) is 6.82. The number of carbonyl (C=O) groups excluding carboxylic acids is 1. The molecule has 0 atom stereocenters. The van der Waals surface area contributed by atoms with Crippen molar-refractivity contribution < 1.29 is 53.1 Å². The molecule has 3 rings (SSSR count). The van der Waals surface area contributed by atoms with E-state index >= 15 is 0 Å². The van der Waals surface area contributed by atoms with E-state index in [1.54, 1.807) is 0 Å². The average molecular weight is 560 g/mol. The SMILES string of the molecule is Cc1c(F)cc(N2CCN(C(=O)c3cc(S(C)(=O)=O)ccc3OCC(F)(F)C(F)(F)F)CC2)c(F)c1F. The lowest BCUT2D eigenvalue weighted by Gasteiger charge is -2.36. The summed E-state index contributed by atoms with van der Waals surface area (Å²) in [6.45, 7) is -1.72. The molecule has 1 aliphatic heterocycles. The van der Waals surface area contributed by atoms with Crippen LogP contribution in [0.2, 0.25) is 0 Å². The number of sulfone groups is 1. The maximum Gasteiger partial charge on any atom is 0.456 e. The van der Waals surface area contributed by atoms with Crippen LogP contribution in [0.1, 0.15) is 15.9 Å². The van der Waals surface area contributed by atoms with Crippen molar-refractivity contribution in [3.63, 3.8) is 0 Å². The van der Waals surface area contributed by atoms with Gasteiger partial charge in [-0.05, 0) is 25.1 Å². The first-order valence-corrected chi connectivity index (χ1v) is 12.4. The Hall–Kier alpha value is -3.10. The summed E-state index contributed by atoms with van der Waals surface area (Å²) >= 11 is 0. The number of benzene rings is 2. The molecule has 2 aromatic rings. The van der Waals surface area contributed by atoms with E-state index < -0.39 is 73.7 Å². The molecule has 1 amide bonds. The first-order valence-electron chi connectivity index (χ1n) is 10.5. The summed E-state index contributed by atoms with van der Waals surface area (Å²) in [4.78, 5) is 15.0. The zero-order chi connectivity index (χ0) is 27.9. The van der Waals surface area contributed by atoms with E-state index in [1.807, 2.05) is 0 Å². The van der Waals surface area contributed by atoms with Gasteiger partial charge in [-0.2, -0.15) is 22.0 Å². The number of hydrogen-bond donors (Lipinski definition) is 0. The molecule has 2 aromatic carbocycles. The van der Waals surface area contributed by atoms with Gasteiger partial charge in [0.15, 0.2) is 28.1 Å². The lowest BCUT2D eigenvalue weighted by molar-refractivity contribution is -0.290. The summed E-state index contributed by atoms with van der Waals surface area (Å²) < 4.78 is 135. The normalized spacial score (nSPS) is 15.2. The van der Waals surface area contributed by atoms with Crippen LogP contribution < -0.4 is 9.64 Å². The molecule has 0 radical (unpaired) electrons. The van der Waals surface area contributed by atoms with Crippen LogP contribution >= 0.6 is 0 Å². The van der Waals surface area contributed by atoms with Crippen LogP contribution in [0.3, 0.4) is 0 Å².